The summed E-state index contributed by atoms with van der Waals surface area (Å²) in [7, 11) is -3.38. The monoisotopic (exact) mass is 449 g/mol. The average Bonchev–Trinajstić information content (AvgIpc) is 3.14. The Kier molecular flexibility index (Phi) is 8.36. The molecule has 8 heteroatoms. The molecule has 1 aromatic rings. The lowest BCUT2D eigenvalue weighted by Crippen LogP contribution is -2.46. The second-order valence-corrected chi connectivity index (χ2v) is 11.0. The summed E-state index contributed by atoms with van der Waals surface area (Å²) in [6.07, 6.45) is 3.00. The molecule has 2 N–H and O–H groups in total. The van der Waals surface area contributed by atoms with Crippen molar-refractivity contribution in [2.24, 2.45) is 10.9 Å². The molecule has 31 heavy (non-hydrogen) atoms. The van der Waals surface area contributed by atoms with Gasteiger partial charge >= 0.3 is 0 Å². The standard InChI is InChI=1S/C23H39N5O2S/c1-5-24-23(26-22-17-27(18(2)3)16-19(22)4)25-15-20-9-11-21(12-10-20)31(29,30)28-13-7-6-8-14-28/h9-12,18-19,22H,5-8,13-17H2,1-4H3,(H2,24,25,26). The zero-order valence-electron chi connectivity index (χ0n) is 19.5. The van der Waals surface area contributed by atoms with Gasteiger partial charge in [0, 0.05) is 44.8 Å². The quantitative estimate of drug-likeness (QED) is 0.494. The summed E-state index contributed by atoms with van der Waals surface area (Å²) in [6, 6.07) is 8.11. The molecule has 0 radical (unpaired) electrons. The van der Waals surface area contributed by atoms with Crippen LogP contribution in [0.15, 0.2) is 34.2 Å². The average molecular weight is 450 g/mol. The largest absolute Gasteiger partial charge is 0.357 e. The summed E-state index contributed by atoms with van der Waals surface area (Å²) >= 11 is 0. The number of nitrogens with one attached hydrogen (secondary N) is 2. The summed E-state index contributed by atoms with van der Waals surface area (Å²) in [6.45, 7) is 13.5. The van der Waals surface area contributed by atoms with E-state index in [1.54, 1.807) is 16.4 Å². The van der Waals surface area contributed by atoms with Gasteiger partial charge in [0.15, 0.2) is 5.96 Å². The first-order chi connectivity index (χ1) is 14.8. The van der Waals surface area contributed by atoms with Crippen LogP contribution >= 0.6 is 0 Å². The highest BCUT2D eigenvalue weighted by atomic mass is 32.2. The number of guanidine groups is 1. The summed E-state index contributed by atoms with van der Waals surface area (Å²) in [5.74, 6) is 1.38. The first-order valence-corrected chi connectivity index (χ1v) is 13.1. The Morgan fingerprint density at radius 3 is 2.39 bits per heavy atom. The van der Waals surface area contributed by atoms with Gasteiger partial charge in [-0.15, -0.1) is 0 Å². The number of nitrogens with zero attached hydrogens (tertiary/aromatic N) is 3. The maximum absolute atomic E-state index is 12.8. The van der Waals surface area contributed by atoms with Crippen LogP contribution in [-0.2, 0) is 16.6 Å². The highest BCUT2D eigenvalue weighted by Crippen LogP contribution is 2.21. The van der Waals surface area contributed by atoms with Crippen LogP contribution in [-0.4, -0.2) is 68.4 Å². The van der Waals surface area contributed by atoms with Gasteiger partial charge in [-0.2, -0.15) is 4.31 Å². The minimum atomic E-state index is -3.38. The van der Waals surface area contributed by atoms with Crippen LogP contribution in [0.2, 0.25) is 0 Å². The Labute approximate surface area is 188 Å². The van der Waals surface area contributed by atoms with E-state index < -0.39 is 10.0 Å². The van der Waals surface area contributed by atoms with Gasteiger partial charge in [0.1, 0.15) is 0 Å². The fraction of sp³-hybridized carbons (Fsp3) is 0.696. The van der Waals surface area contributed by atoms with E-state index in [9.17, 15) is 8.42 Å². The number of aliphatic imine (C=N–C) groups is 1. The second-order valence-electron chi connectivity index (χ2n) is 9.08. The zero-order chi connectivity index (χ0) is 22.4. The van der Waals surface area contributed by atoms with Crippen LogP contribution in [0.4, 0.5) is 0 Å². The predicted octanol–water partition coefficient (Wildman–Crippen LogP) is 2.65. The molecule has 2 atom stereocenters. The molecule has 174 valence electrons. The van der Waals surface area contributed by atoms with E-state index in [-0.39, 0.29) is 0 Å². The van der Waals surface area contributed by atoms with Crippen molar-refractivity contribution in [3.63, 3.8) is 0 Å². The van der Waals surface area contributed by atoms with E-state index in [1.807, 2.05) is 12.1 Å². The minimum absolute atomic E-state index is 0.372. The Hall–Kier alpha value is -1.64. The van der Waals surface area contributed by atoms with E-state index in [0.29, 0.717) is 42.5 Å². The van der Waals surface area contributed by atoms with Gasteiger partial charge in [-0.25, -0.2) is 13.4 Å². The fourth-order valence-electron chi connectivity index (χ4n) is 4.30. The van der Waals surface area contributed by atoms with Gasteiger partial charge < -0.3 is 10.6 Å². The maximum atomic E-state index is 12.8. The molecule has 0 amide bonds. The topological polar surface area (TPSA) is 77.0 Å². The van der Waals surface area contributed by atoms with Crippen molar-refractivity contribution in [2.75, 3.05) is 32.7 Å². The first kappa shape index (κ1) is 24.0. The van der Waals surface area contributed by atoms with E-state index >= 15 is 0 Å². The van der Waals surface area contributed by atoms with E-state index in [0.717, 1.165) is 50.4 Å². The smallest absolute Gasteiger partial charge is 0.243 e. The molecule has 2 unspecified atom stereocenters. The van der Waals surface area contributed by atoms with Crippen molar-refractivity contribution in [1.29, 1.82) is 0 Å². The van der Waals surface area contributed by atoms with Crippen LogP contribution in [0, 0.1) is 5.92 Å². The maximum Gasteiger partial charge on any atom is 0.243 e. The summed E-state index contributed by atoms with van der Waals surface area (Å²) in [5, 5.41) is 6.94. The van der Waals surface area contributed by atoms with Gasteiger partial charge in [0.2, 0.25) is 10.0 Å². The summed E-state index contributed by atoms with van der Waals surface area (Å²) in [5.41, 5.74) is 0.998. The van der Waals surface area contributed by atoms with Crippen LogP contribution < -0.4 is 10.6 Å². The summed E-state index contributed by atoms with van der Waals surface area (Å²) in [4.78, 5) is 7.62. The normalized spacial score (nSPS) is 24.0. The Bertz CT molecular complexity index is 832. The molecule has 0 aromatic heterocycles. The first-order valence-electron chi connectivity index (χ1n) is 11.7. The highest BCUT2D eigenvalue weighted by molar-refractivity contribution is 7.89. The van der Waals surface area contributed by atoms with Gasteiger partial charge in [0.05, 0.1) is 11.4 Å². The van der Waals surface area contributed by atoms with E-state index in [2.05, 4.69) is 43.2 Å². The Balaban J connectivity index is 1.63. The van der Waals surface area contributed by atoms with Crippen molar-refractivity contribution in [3.05, 3.63) is 29.8 Å². The molecule has 2 aliphatic heterocycles. The molecule has 0 aliphatic carbocycles. The molecule has 1 aromatic carbocycles. The molecule has 2 heterocycles. The third-order valence-corrected chi connectivity index (χ3v) is 8.25. The molecule has 7 nitrogen and oxygen atoms in total. The van der Waals surface area contributed by atoms with Crippen molar-refractivity contribution in [1.82, 2.24) is 19.8 Å². The predicted molar refractivity (Wildman–Crippen MR) is 127 cm³/mol. The van der Waals surface area contributed by atoms with Gasteiger partial charge in [-0.3, -0.25) is 4.90 Å². The zero-order valence-corrected chi connectivity index (χ0v) is 20.3. The molecule has 2 saturated heterocycles. The highest BCUT2D eigenvalue weighted by Gasteiger charge is 2.31. The fourth-order valence-corrected chi connectivity index (χ4v) is 5.82. The molecule has 3 rings (SSSR count). The molecule has 0 bridgehead atoms. The number of hydrogen-bond donors (Lipinski definition) is 2. The van der Waals surface area contributed by atoms with E-state index in [1.165, 1.54) is 0 Å². The lowest BCUT2D eigenvalue weighted by atomic mass is 10.1. The number of benzene rings is 1. The Morgan fingerprint density at radius 1 is 1.13 bits per heavy atom. The molecular formula is C23H39N5O2S. The third kappa shape index (κ3) is 6.20. The second kappa shape index (κ2) is 10.8. The number of piperidine rings is 1. The van der Waals surface area contributed by atoms with Crippen molar-refractivity contribution in [3.8, 4) is 0 Å². The van der Waals surface area contributed by atoms with Crippen LogP contribution in [0.3, 0.4) is 0 Å². The third-order valence-electron chi connectivity index (χ3n) is 6.33. The molecular weight excluding hydrogens is 410 g/mol. The van der Waals surface area contributed by atoms with Crippen LogP contribution in [0.25, 0.3) is 0 Å². The van der Waals surface area contributed by atoms with Gasteiger partial charge in [0.25, 0.3) is 0 Å². The molecule has 2 aliphatic rings. The lowest BCUT2D eigenvalue weighted by Gasteiger charge is -2.25. The van der Waals surface area contributed by atoms with Crippen molar-refractivity contribution in [2.45, 2.75) is 70.5 Å². The van der Waals surface area contributed by atoms with Gasteiger partial charge in [-0.1, -0.05) is 25.5 Å². The number of sulfonamides is 1. The summed E-state index contributed by atoms with van der Waals surface area (Å²) < 4.78 is 27.3. The minimum Gasteiger partial charge on any atom is -0.357 e. The Morgan fingerprint density at radius 2 is 1.81 bits per heavy atom. The van der Waals surface area contributed by atoms with Crippen molar-refractivity contribution < 1.29 is 8.42 Å². The molecule has 0 spiro atoms. The number of likely N-dealkylation sites (tertiary alicyclic amines) is 1. The lowest BCUT2D eigenvalue weighted by molar-refractivity contribution is 0.265. The number of hydrogen-bond acceptors (Lipinski definition) is 4. The number of rotatable bonds is 7. The van der Waals surface area contributed by atoms with Gasteiger partial charge in [-0.05, 0) is 57.2 Å². The molecule has 0 saturated carbocycles. The van der Waals surface area contributed by atoms with E-state index in [4.69, 9.17) is 4.99 Å². The van der Waals surface area contributed by atoms with Crippen molar-refractivity contribution >= 4 is 16.0 Å². The SMILES string of the molecule is CCNC(=NCc1ccc(S(=O)(=O)N2CCCCC2)cc1)NC1CN(C(C)C)CC1C. The van der Waals surface area contributed by atoms with Crippen LogP contribution in [0.1, 0.15) is 52.5 Å². The molecule has 2 fully saturated rings. The van der Waals surface area contributed by atoms with Crippen LogP contribution in [0.5, 0.6) is 0 Å².